The second kappa shape index (κ2) is 18.2. The van der Waals surface area contributed by atoms with E-state index in [1.807, 2.05) is 6.92 Å². The van der Waals surface area contributed by atoms with Crippen LogP contribution in [0.25, 0.3) is 0 Å². The molecule has 0 saturated heterocycles. The minimum absolute atomic E-state index is 0.184. The highest BCUT2D eigenvalue weighted by Crippen LogP contribution is 2.33. The van der Waals surface area contributed by atoms with Crippen molar-refractivity contribution in [3.8, 4) is 0 Å². The lowest BCUT2D eigenvalue weighted by Gasteiger charge is -2.37. The molecule has 4 heteroatoms. The fraction of sp³-hybridized carbons (Fsp3) is 1.00. The highest BCUT2D eigenvalue weighted by atomic mass is 17.3. The Morgan fingerprint density at radius 3 is 1.92 bits per heavy atom. The molecular formula is C22H46O4. The van der Waals surface area contributed by atoms with Gasteiger partial charge in [-0.25, -0.2) is 4.89 Å². The van der Waals surface area contributed by atoms with Crippen molar-refractivity contribution in [3.63, 3.8) is 0 Å². The van der Waals surface area contributed by atoms with Crippen molar-refractivity contribution in [3.05, 3.63) is 0 Å². The highest BCUT2D eigenvalue weighted by Gasteiger charge is 2.42. The van der Waals surface area contributed by atoms with Gasteiger partial charge >= 0.3 is 5.97 Å². The van der Waals surface area contributed by atoms with Crippen LogP contribution in [0.5, 0.6) is 0 Å². The molecule has 0 aromatic carbocycles. The molecule has 0 rings (SSSR count). The van der Waals surface area contributed by atoms with Crippen LogP contribution >= 0.6 is 0 Å². The average molecular weight is 375 g/mol. The zero-order valence-electron chi connectivity index (χ0n) is 18.3. The minimum atomic E-state index is -1.06. The average Bonchev–Trinajstić information content (AvgIpc) is 2.65. The maximum Gasteiger partial charge on any atom is 0.314 e. The largest absolute Gasteiger partial charge is 0.326 e. The van der Waals surface area contributed by atoms with Gasteiger partial charge in [0.05, 0.1) is 13.2 Å². The maximum absolute atomic E-state index is 6.15. The van der Waals surface area contributed by atoms with E-state index in [9.17, 15) is 0 Å². The van der Waals surface area contributed by atoms with Gasteiger partial charge < -0.3 is 9.47 Å². The standard InChI is InChI=1S/C22H46O4/c1-6-11-14-15-16-17-20-25-26-22(23-10-5,24-19-13-8-3)21(9-4)18-12-7-2/h21H,6-20H2,1-5H3. The Kier molecular flexibility index (Phi) is 18.1. The summed E-state index contributed by atoms with van der Waals surface area (Å²) in [6.45, 7) is 12.6. The van der Waals surface area contributed by atoms with E-state index in [4.69, 9.17) is 19.2 Å². The molecule has 4 nitrogen and oxygen atoms in total. The van der Waals surface area contributed by atoms with Crippen LogP contribution in [0.3, 0.4) is 0 Å². The van der Waals surface area contributed by atoms with Crippen molar-refractivity contribution in [1.29, 1.82) is 0 Å². The Hall–Kier alpha value is -0.160. The first-order valence-electron chi connectivity index (χ1n) is 11.3. The van der Waals surface area contributed by atoms with Crippen LogP contribution in [-0.2, 0) is 19.2 Å². The molecule has 0 heterocycles. The molecule has 0 aromatic heterocycles. The van der Waals surface area contributed by atoms with E-state index in [0.29, 0.717) is 19.8 Å². The lowest BCUT2D eigenvalue weighted by Crippen LogP contribution is -2.47. The summed E-state index contributed by atoms with van der Waals surface area (Å²) in [6.07, 6.45) is 13.8. The third kappa shape index (κ3) is 11.5. The van der Waals surface area contributed by atoms with E-state index in [2.05, 4.69) is 27.7 Å². The minimum Gasteiger partial charge on any atom is -0.326 e. The third-order valence-corrected chi connectivity index (χ3v) is 4.80. The predicted molar refractivity (Wildman–Crippen MR) is 109 cm³/mol. The Morgan fingerprint density at radius 2 is 1.31 bits per heavy atom. The molecular weight excluding hydrogens is 328 g/mol. The molecule has 158 valence electrons. The van der Waals surface area contributed by atoms with Crippen molar-refractivity contribution in [1.82, 2.24) is 0 Å². The lowest BCUT2D eigenvalue weighted by atomic mass is 9.96. The van der Waals surface area contributed by atoms with E-state index in [1.165, 1.54) is 32.1 Å². The molecule has 0 aliphatic rings. The Morgan fingerprint density at radius 1 is 0.654 bits per heavy atom. The maximum atomic E-state index is 6.15. The molecule has 2 unspecified atom stereocenters. The third-order valence-electron chi connectivity index (χ3n) is 4.80. The van der Waals surface area contributed by atoms with Crippen molar-refractivity contribution in [2.45, 2.75) is 118 Å². The molecule has 0 amide bonds. The van der Waals surface area contributed by atoms with Gasteiger partial charge in [0.15, 0.2) is 0 Å². The molecule has 26 heavy (non-hydrogen) atoms. The monoisotopic (exact) mass is 374 g/mol. The fourth-order valence-electron chi connectivity index (χ4n) is 3.10. The van der Waals surface area contributed by atoms with Gasteiger partial charge in [0.2, 0.25) is 0 Å². The lowest BCUT2D eigenvalue weighted by molar-refractivity contribution is -0.523. The summed E-state index contributed by atoms with van der Waals surface area (Å²) in [5, 5.41) is 0. The number of rotatable bonds is 20. The molecule has 0 aliphatic carbocycles. The SMILES string of the molecule is CCCCCCCCOOC(OCC)(OCCCC)C(CC)CCCC. The Bertz CT molecular complexity index is 285. The van der Waals surface area contributed by atoms with Gasteiger partial charge in [-0.1, -0.05) is 79.1 Å². The topological polar surface area (TPSA) is 36.9 Å². The molecule has 0 fully saturated rings. The van der Waals surface area contributed by atoms with Gasteiger partial charge in [-0.05, 0) is 32.6 Å². The van der Waals surface area contributed by atoms with Crippen molar-refractivity contribution in [2.24, 2.45) is 5.92 Å². The molecule has 0 saturated carbocycles. The molecule has 0 radical (unpaired) electrons. The first kappa shape index (κ1) is 25.8. The quantitative estimate of drug-likeness (QED) is 0.0993. The normalized spacial score (nSPS) is 15.1. The summed E-state index contributed by atoms with van der Waals surface area (Å²) in [5.74, 6) is -0.875. The van der Waals surface area contributed by atoms with Gasteiger partial charge in [-0.15, -0.1) is 0 Å². The highest BCUT2D eigenvalue weighted by molar-refractivity contribution is 4.70. The van der Waals surface area contributed by atoms with Gasteiger partial charge in [0, 0.05) is 12.5 Å². The summed E-state index contributed by atoms with van der Waals surface area (Å²) in [6, 6.07) is 0. The van der Waals surface area contributed by atoms with E-state index in [1.54, 1.807) is 0 Å². The van der Waals surface area contributed by atoms with Gasteiger partial charge in [0.1, 0.15) is 0 Å². The number of hydrogen-bond donors (Lipinski definition) is 0. The molecule has 0 N–H and O–H groups in total. The van der Waals surface area contributed by atoms with Gasteiger partial charge in [-0.3, -0.25) is 0 Å². The van der Waals surface area contributed by atoms with Crippen LogP contribution in [0, 0.1) is 5.92 Å². The summed E-state index contributed by atoms with van der Waals surface area (Å²) in [4.78, 5) is 11.5. The predicted octanol–water partition coefficient (Wildman–Crippen LogP) is 7.02. The van der Waals surface area contributed by atoms with Gasteiger partial charge in [-0.2, -0.15) is 4.89 Å². The number of unbranched alkanes of at least 4 members (excludes halogenated alkanes) is 7. The van der Waals surface area contributed by atoms with Crippen LogP contribution in [0.15, 0.2) is 0 Å². The van der Waals surface area contributed by atoms with E-state index in [-0.39, 0.29) is 5.92 Å². The van der Waals surface area contributed by atoms with E-state index in [0.717, 1.165) is 44.9 Å². The number of ether oxygens (including phenoxy) is 2. The van der Waals surface area contributed by atoms with Crippen LogP contribution < -0.4 is 0 Å². The molecule has 2 atom stereocenters. The first-order valence-corrected chi connectivity index (χ1v) is 11.3. The molecule has 0 aromatic rings. The van der Waals surface area contributed by atoms with Crippen LogP contribution in [0.1, 0.15) is 112 Å². The van der Waals surface area contributed by atoms with Crippen LogP contribution in [0.4, 0.5) is 0 Å². The molecule has 0 spiro atoms. The zero-order valence-corrected chi connectivity index (χ0v) is 18.3. The zero-order chi connectivity index (χ0) is 19.5. The van der Waals surface area contributed by atoms with Crippen LogP contribution in [-0.4, -0.2) is 25.8 Å². The first-order chi connectivity index (χ1) is 12.7. The van der Waals surface area contributed by atoms with Gasteiger partial charge in [0.25, 0.3) is 0 Å². The summed E-state index contributed by atoms with van der Waals surface area (Å²) >= 11 is 0. The second-order valence-corrected chi connectivity index (χ2v) is 7.16. The number of hydrogen-bond acceptors (Lipinski definition) is 4. The summed E-state index contributed by atoms with van der Waals surface area (Å²) in [7, 11) is 0. The summed E-state index contributed by atoms with van der Waals surface area (Å²) < 4.78 is 12.2. The second-order valence-electron chi connectivity index (χ2n) is 7.16. The van der Waals surface area contributed by atoms with Crippen LogP contribution in [0.2, 0.25) is 0 Å². The van der Waals surface area contributed by atoms with E-state index >= 15 is 0 Å². The molecule has 0 aliphatic heterocycles. The summed E-state index contributed by atoms with van der Waals surface area (Å²) in [5.41, 5.74) is 0. The smallest absolute Gasteiger partial charge is 0.314 e. The van der Waals surface area contributed by atoms with E-state index < -0.39 is 5.97 Å². The van der Waals surface area contributed by atoms with Crippen molar-refractivity contribution in [2.75, 3.05) is 19.8 Å². The Labute approximate surface area is 163 Å². The van der Waals surface area contributed by atoms with Crippen molar-refractivity contribution >= 4 is 0 Å². The fourth-order valence-corrected chi connectivity index (χ4v) is 3.10. The van der Waals surface area contributed by atoms with Crippen molar-refractivity contribution < 1.29 is 19.2 Å². The molecule has 0 bridgehead atoms. The Balaban J connectivity index is 4.60.